The molecule has 0 aliphatic carbocycles. The van der Waals surface area contributed by atoms with Gasteiger partial charge in [0.1, 0.15) is 12.7 Å². The van der Waals surface area contributed by atoms with Gasteiger partial charge in [-0.05, 0) is 43.5 Å². The molecule has 1 aromatic heterocycles. The minimum absolute atomic E-state index is 0.0243. The first-order valence-corrected chi connectivity index (χ1v) is 8.69. The number of carbonyl (C=O) groups excluding carboxylic acids is 1. The molecule has 0 saturated carbocycles. The highest BCUT2D eigenvalue weighted by Crippen LogP contribution is 2.12. The van der Waals surface area contributed by atoms with Gasteiger partial charge in [0.15, 0.2) is 0 Å². The molecule has 1 aromatic carbocycles. The minimum atomic E-state index is 0.0243. The van der Waals surface area contributed by atoms with Gasteiger partial charge >= 0.3 is 0 Å². The lowest BCUT2D eigenvalue weighted by molar-refractivity contribution is 0.0911. The van der Waals surface area contributed by atoms with Crippen LogP contribution in [0.3, 0.4) is 0 Å². The number of hydrogen-bond acceptors (Lipinski definition) is 4. The standard InChI is InChI=1S/C18H25N5O/c1-2-9-22-10-7-17(8-11-22)21-18(24)16-5-3-15(4-6-16)12-23-14-19-13-20-23/h3-6,13-14,17H,2,7-12H2,1H3,(H,21,24). The van der Waals surface area contributed by atoms with Gasteiger partial charge in [-0.15, -0.1) is 0 Å². The number of aromatic nitrogens is 3. The second kappa shape index (κ2) is 8.06. The number of likely N-dealkylation sites (tertiary alicyclic amines) is 1. The number of nitrogens with one attached hydrogen (secondary N) is 1. The van der Waals surface area contributed by atoms with Crippen LogP contribution >= 0.6 is 0 Å². The van der Waals surface area contributed by atoms with Crippen LogP contribution in [0.2, 0.25) is 0 Å². The number of nitrogens with zero attached hydrogens (tertiary/aromatic N) is 4. The number of piperidine rings is 1. The fraction of sp³-hybridized carbons (Fsp3) is 0.500. The van der Waals surface area contributed by atoms with Crippen molar-refractivity contribution in [3.05, 3.63) is 48.0 Å². The molecule has 0 bridgehead atoms. The molecule has 1 aliphatic rings. The average Bonchev–Trinajstić information content (AvgIpc) is 3.10. The lowest BCUT2D eigenvalue weighted by atomic mass is 10.0. The Labute approximate surface area is 142 Å². The van der Waals surface area contributed by atoms with Crippen molar-refractivity contribution < 1.29 is 4.79 Å². The summed E-state index contributed by atoms with van der Waals surface area (Å²) in [6.45, 7) is 6.19. The normalized spacial score (nSPS) is 16.2. The van der Waals surface area contributed by atoms with E-state index < -0.39 is 0 Å². The van der Waals surface area contributed by atoms with Crippen LogP contribution in [0.25, 0.3) is 0 Å². The highest BCUT2D eigenvalue weighted by atomic mass is 16.1. The fourth-order valence-electron chi connectivity index (χ4n) is 3.15. The Morgan fingerprint density at radius 1 is 1.25 bits per heavy atom. The predicted molar refractivity (Wildman–Crippen MR) is 92.8 cm³/mol. The van der Waals surface area contributed by atoms with Gasteiger partial charge < -0.3 is 10.2 Å². The lowest BCUT2D eigenvalue weighted by Crippen LogP contribution is -2.44. The molecular formula is C18H25N5O. The predicted octanol–water partition coefficient (Wildman–Crippen LogP) is 1.93. The zero-order valence-corrected chi connectivity index (χ0v) is 14.2. The summed E-state index contributed by atoms with van der Waals surface area (Å²) >= 11 is 0. The Morgan fingerprint density at radius 2 is 2.00 bits per heavy atom. The molecule has 1 aliphatic heterocycles. The number of rotatable bonds is 6. The maximum Gasteiger partial charge on any atom is 0.251 e. The molecule has 6 heteroatoms. The monoisotopic (exact) mass is 327 g/mol. The van der Waals surface area contributed by atoms with Crippen LogP contribution in [0.4, 0.5) is 0 Å². The van der Waals surface area contributed by atoms with Crippen LogP contribution < -0.4 is 5.32 Å². The summed E-state index contributed by atoms with van der Waals surface area (Å²) in [5.74, 6) is 0.0243. The van der Waals surface area contributed by atoms with E-state index >= 15 is 0 Å². The highest BCUT2D eigenvalue weighted by molar-refractivity contribution is 5.94. The van der Waals surface area contributed by atoms with Gasteiger partial charge in [0.05, 0.1) is 6.54 Å². The first kappa shape index (κ1) is 16.6. The Balaban J connectivity index is 1.50. The Hall–Kier alpha value is -2.21. The number of benzene rings is 1. The molecule has 2 aromatic rings. The van der Waals surface area contributed by atoms with E-state index in [-0.39, 0.29) is 5.91 Å². The summed E-state index contributed by atoms with van der Waals surface area (Å²) < 4.78 is 1.76. The van der Waals surface area contributed by atoms with Crippen LogP contribution in [0.15, 0.2) is 36.9 Å². The van der Waals surface area contributed by atoms with E-state index in [2.05, 4.69) is 27.2 Å². The van der Waals surface area contributed by atoms with Crippen molar-refractivity contribution in [3.63, 3.8) is 0 Å². The van der Waals surface area contributed by atoms with Crippen molar-refractivity contribution in [1.29, 1.82) is 0 Å². The van der Waals surface area contributed by atoms with E-state index in [0.29, 0.717) is 18.2 Å². The van der Waals surface area contributed by atoms with Crippen molar-refractivity contribution in [2.75, 3.05) is 19.6 Å². The summed E-state index contributed by atoms with van der Waals surface area (Å²) in [5, 5.41) is 7.26. The number of amides is 1. The topological polar surface area (TPSA) is 63.1 Å². The molecule has 128 valence electrons. The minimum Gasteiger partial charge on any atom is -0.349 e. The van der Waals surface area contributed by atoms with Crippen molar-refractivity contribution in [2.45, 2.75) is 38.8 Å². The quantitative estimate of drug-likeness (QED) is 0.880. The molecule has 24 heavy (non-hydrogen) atoms. The van der Waals surface area contributed by atoms with Gasteiger partial charge in [-0.2, -0.15) is 5.10 Å². The lowest BCUT2D eigenvalue weighted by Gasteiger charge is -2.32. The van der Waals surface area contributed by atoms with E-state index in [9.17, 15) is 4.79 Å². The fourth-order valence-corrected chi connectivity index (χ4v) is 3.15. The van der Waals surface area contributed by atoms with Gasteiger partial charge in [-0.25, -0.2) is 9.67 Å². The zero-order valence-electron chi connectivity index (χ0n) is 14.2. The Morgan fingerprint density at radius 3 is 2.62 bits per heavy atom. The summed E-state index contributed by atoms with van der Waals surface area (Å²) in [6.07, 6.45) is 6.48. The summed E-state index contributed by atoms with van der Waals surface area (Å²) in [5.41, 5.74) is 1.82. The third-order valence-corrected chi connectivity index (χ3v) is 4.49. The maximum absolute atomic E-state index is 12.4. The second-order valence-electron chi connectivity index (χ2n) is 6.38. The van der Waals surface area contributed by atoms with Crippen LogP contribution in [0, 0.1) is 0 Å². The van der Waals surface area contributed by atoms with Gasteiger partial charge in [-0.3, -0.25) is 4.79 Å². The maximum atomic E-state index is 12.4. The molecule has 1 saturated heterocycles. The molecule has 6 nitrogen and oxygen atoms in total. The summed E-state index contributed by atoms with van der Waals surface area (Å²) in [4.78, 5) is 18.8. The average molecular weight is 327 g/mol. The van der Waals surface area contributed by atoms with E-state index in [1.54, 1.807) is 11.0 Å². The van der Waals surface area contributed by atoms with Crippen LogP contribution in [-0.2, 0) is 6.54 Å². The first-order chi connectivity index (χ1) is 11.7. The largest absolute Gasteiger partial charge is 0.349 e. The highest BCUT2D eigenvalue weighted by Gasteiger charge is 2.20. The molecular weight excluding hydrogens is 302 g/mol. The molecule has 0 radical (unpaired) electrons. The van der Waals surface area contributed by atoms with Crippen LogP contribution in [-0.4, -0.2) is 51.2 Å². The molecule has 0 unspecified atom stereocenters. The third-order valence-electron chi connectivity index (χ3n) is 4.49. The first-order valence-electron chi connectivity index (χ1n) is 8.69. The van der Waals surface area contributed by atoms with Gasteiger partial charge in [0.2, 0.25) is 0 Å². The van der Waals surface area contributed by atoms with Crippen LogP contribution in [0.1, 0.15) is 42.1 Å². The van der Waals surface area contributed by atoms with Gasteiger partial charge in [0, 0.05) is 24.7 Å². The van der Waals surface area contributed by atoms with Crippen molar-refractivity contribution in [3.8, 4) is 0 Å². The van der Waals surface area contributed by atoms with E-state index in [1.165, 1.54) is 12.7 Å². The molecule has 1 fully saturated rings. The molecule has 2 heterocycles. The van der Waals surface area contributed by atoms with Crippen LogP contribution in [0.5, 0.6) is 0 Å². The molecule has 1 N–H and O–H groups in total. The van der Waals surface area contributed by atoms with Gasteiger partial charge in [0.25, 0.3) is 5.91 Å². The van der Waals surface area contributed by atoms with Crippen molar-refractivity contribution >= 4 is 5.91 Å². The van der Waals surface area contributed by atoms with E-state index in [4.69, 9.17) is 0 Å². The van der Waals surface area contributed by atoms with E-state index in [0.717, 1.165) is 38.0 Å². The summed E-state index contributed by atoms with van der Waals surface area (Å²) in [7, 11) is 0. The molecule has 0 spiro atoms. The molecule has 1 amide bonds. The number of carbonyl (C=O) groups is 1. The Kier molecular flexibility index (Phi) is 5.59. The molecule has 3 rings (SSSR count). The molecule has 0 atom stereocenters. The van der Waals surface area contributed by atoms with Crippen molar-refractivity contribution in [2.24, 2.45) is 0 Å². The zero-order chi connectivity index (χ0) is 16.8. The van der Waals surface area contributed by atoms with Crippen molar-refractivity contribution in [1.82, 2.24) is 25.0 Å². The van der Waals surface area contributed by atoms with Gasteiger partial charge in [-0.1, -0.05) is 19.1 Å². The second-order valence-corrected chi connectivity index (χ2v) is 6.38. The summed E-state index contributed by atoms with van der Waals surface area (Å²) in [6, 6.07) is 8.00. The number of hydrogen-bond donors (Lipinski definition) is 1. The smallest absolute Gasteiger partial charge is 0.251 e. The third kappa shape index (κ3) is 4.41. The SMILES string of the molecule is CCCN1CCC(NC(=O)c2ccc(Cn3cncn3)cc2)CC1. The van der Waals surface area contributed by atoms with E-state index in [1.807, 2.05) is 24.3 Å². The Bertz CT molecular complexity index is 630.